The molecule has 0 aromatic carbocycles. The minimum absolute atomic E-state index is 0.0578. The van der Waals surface area contributed by atoms with Crippen LogP contribution in [0.25, 0.3) is 0 Å². The van der Waals surface area contributed by atoms with Crippen molar-refractivity contribution < 1.29 is 19.1 Å². The first-order valence-corrected chi connectivity index (χ1v) is 13.6. The van der Waals surface area contributed by atoms with Crippen molar-refractivity contribution >= 4 is 23.6 Å². The molecule has 2 aliphatic heterocycles. The molecule has 0 spiro atoms. The molecular formula is C27H41N7O4. The molecular weight excluding hydrogens is 486 g/mol. The van der Waals surface area contributed by atoms with Crippen LogP contribution < -0.4 is 16.4 Å². The zero-order valence-electron chi connectivity index (χ0n) is 23.0. The summed E-state index contributed by atoms with van der Waals surface area (Å²) >= 11 is 0. The van der Waals surface area contributed by atoms with Crippen molar-refractivity contribution in [2.45, 2.75) is 71.1 Å². The normalized spacial score (nSPS) is 20.6. The standard InChI is InChI=1S/C27H41N7O4/c1-5-21-24(29-19-10-16-37-17-11-19)32-25(22(31-21)23(28)35)30-18-6-8-20(9-7-18)33-12-14-34(15-13-33)26(36)38-27(2,3)4/h6,8-9,18-19H,5,7,10-17H2,1-4H3,(H2,28,35)(H2,29,30,32). The van der Waals surface area contributed by atoms with Crippen molar-refractivity contribution in [1.82, 2.24) is 19.8 Å². The second-order valence-electron chi connectivity index (χ2n) is 10.9. The Balaban J connectivity index is 1.38. The van der Waals surface area contributed by atoms with E-state index in [0.29, 0.717) is 44.4 Å². The van der Waals surface area contributed by atoms with Gasteiger partial charge in [0, 0.05) is 57.2 Å². The van der Waals surface area contributed by atoms with Crippen molar-refractivity contribution in [3.05, 3.63) is 35.3 Å². The van der Waals surface area contributed by atoms with Crippen LogP contribution in [0, 0.1) is 0 Å². The summed E-state index contributed by atoms with van der Waals surface area (Å²) in [6, 6.07) is 0.198. The van der Waals surface area contributed by atoms with Gasteiger partial charge in [0.2, 0.25) is 0 Å². The second kappa shape index (κ2) is 12.0. The summed E-state index contributed by atoms with van der Waals surface area (Å²) in [7, 11) is 0. The zero-order chi connectivity index (χ0) is 27.3. The van der Waals surface area contributed by atoms with E-state index in [0.717, 1.165) is 43.7 Å². The van der Waals surface area contributed by atoms with Gasteiger partial charge in [0.1, 0.15) is 11.4 Å². The monoisotopic (exact) mass is 527 g/mol. The van der Waals surface area contributed by atoms with Crippen LogP contribution in [0.5, 0.6) is 0 Å². The molecule has 0 saturated carbocycles. The summed E-state index contributed by atoms with van der Waals surface area (Å²) in [5.41, 5.74) is 7.17. The third-order valence-corrected chi connectivity index (χ3v) is 6.80. The lowest BCUT2D eigenvalue weighted by Gasteiger charge is -2.38. The number of amides is 2. The first-order chi connectivity index (χ1) is 18.1. The van der Waals surface area contributed by atoms with Crippen LogP contribution in [-0.2, 0) is 15.9 Å². The first-order valence-electron chi connectivity index (χ1n) is 13.6. The SMILES string of the molecule is CCc1nc(C(N)=O)c(NC2C=CC(N3CCN(C(=O)OC(C)(C)C)CC3)=CC2)nc1NC1CCOCC1. The average molecular weight is 528 g/mol. The van der Waals surface area contributed by atoms with Gasteiger partial charge in [-0.05, 0) is 52.5 Å². The largest absolute Gasteiger partial charge is 0.444 e. The highest BCUT2D eigenvalue weighted by atomic mass is 16.6. The predicted octanol–water partition coefficient (Wildman–Crippen LogP) is 2.91. The number of hydrogen-bond acceptors (Lipinski definition) is 9. The van der Waals surface area contributed by atoms with Crippen molar-refractivity contribution in [3.8, 4) is 0 Å². The summed E-state index contributed by atoms with van der Waals surface area (Å²) in [4.78, 5) is 37.9. The van der Waals surface area contributed by atoms with Gasteiger partial charge in [0.05, 0.1) is 5.69 Å². The molecule has 11 nitrogen and oxygen atoms in total. The molecule has 1 aromatic rings. The first kappa shape index (κ1) is 27.7. The number of aryl methyl sites for hydroxylation is 1. The van der Waals surface area contributed by atoms with E-state index in [9.17, 15) is 9.59 Å². The second-order valence-corrected chi connectivity index (χ2v) is 10.9. The van der Waals surface area contributed by atoms with Crippen LogP contribution in [0.15, 0.2) is 23.9 Å². The number of carbonyl (C=O) groups excluding carboxylic acids is 2. The van der Waals surface area contributed by atoms with Crippen LogP contribution in [0.1, 0.15) is 63.1 Å². The molecule has 0 bridgehead atoms. The zero-order valence-corrected chi connectivity index (χ0v) is 23.0. The van der Waals surface area contributed by atoms with Crippen LogP contribution in [0.4, 0.5) is 16.4 Å². The summed E-state index contributed by atoms with van der Waals surface area (Å²) in [5.74, 6) is 0.471. The van der Waals surface area contributed by atoms with E-state index in [2.05, 4.69) is 38.7 Å². The fraction of sp³-hybridized carbons (Fsp3) is 0.630. The minimum Gasteiger partial charge on any atom is -0.444 e. The number of allylic oxidation sites excluding steroid dienone is 1. The molecule has 1 aromatic heterocycles. The molecule has 2 fully saturated rings. The maximum absolute atomic E-state index is 12.4. The summed E-state index contributed by atoms with van der Waals surface area (Å²) in [6.45, 7) is 11.8. The Hall–Kier alpha value is -3.34. The van der Waals surface area contributed by atoms with Gasteiger partial charge < -0.3 is 35.6 Å². The van der Waals surface area contributed by atoms with Crippen molar-refractivity contribution in [2.75, 3.05) is 50.0 Å². The third kappa shape index (κ3) is 7.15. The molecule has 0 radical (unpaired) electrons. The minimum atomic E-state index is -0.605. The quantitative estimate of drug-likeness (QED) is 0.489. The van der Waals surface area contributed by atoms with Gasteiger partial charge in [-0.15, -0.1) is 0 Å². The molecule has 2 amide bonds. The molecule has 38 heavy (non-hydrogen) atoms. The Kier molecular flexibility index (Phi) is 8.76. The predicted molar refractivity (Wildman–Crippen MR) is 146 cm³/mol. The third-order valence-electron chi connectivity index (χ3n) is 6.80. The fourth-order valence-corrected chi connectivity index (χ4v) is 4.74. The number of ether oxygens (including phenoxy) is 2. The lowest BCUT2D eigenvalue weighted by Crippen LogP contribution is -2.49. The lowest BCUT2D eigenvalue weighted by atomic mass is 10.1. The Labute approximate surface area is 224 Å². The van der Waals surface area contributed by atoms with E-state index >= 15 is 0 Å². The van der Waals surface area contributed by atoms with Gasteiger partial charge in [-0.2, -0.15) is 0 Å². The van der Waals surface area contributed by atoms with E-state index in [1.54, 1.807) is 4.90 Å². The molecule has 11 heteroatoms. The summed E-state index contributed by atoms with van der Waals surface area (Å²) in [5, 5.41) is 6.87. The number of piperazine rings is 1. The smallest absolute Gasteiger partial charge is 0.410 e. The highest BCUT2D eigenvalue weighted by Gasteiger charge is 2.27. The van der Waals surface area contributed by atoms with Crippen LogP contribution in [-0.4, -0.2) is 88.8 Å². The fourth-order valence-electron chi connectivity index (χ4n) is 4.74. The topological polar surface area (TPSA) is 135 Å². The Morgan fingerprint density at radius 1 is 1.11 bits per heavy atom. The van der Waals surface area contributed by atoms with Crippen molar-refractivity contribution in [1.29, 1.82) is 0 Å². The van der Waals surface area contributed by atoms with Crippen molar-refractivity contribution in [3.63, 3.8) is 0 Å². The van der Waals surface area contributed by atoms with Gasteiger partial charge in [-0.3, -0.25) is 4.79 Å². The number of aromatic nitrogens is 2. The number of carbonyl (C=O) groups is 2. The van der Waals surface area contributed by atoms with Crippen LogP contribution in [0.2, 0.25) is 0 Å². The van der Waals surface area contributed by atoms with Gasteiger partial charge in [-0.1, -0.05) is 19.1 Å². The van der Waals surface area contributed by atoms with Gasteiger partial charge in [0.25, 0.3) is 5.91 Å². The van der Waals surface area contributed by atoms with E-state index in [1.807, 2.05) is 27.7 Å². The van der Waals surface area contributed by atoms with Crippen LogP contribution >= 0.6 is 0 Å². The number of anilines is 2. The Bertz CT molecular complexity index is 1070. The molecule has 1 aliphatic carbocycles. The Morgan fingerprint density at radius 3 is 2.39 bits per heavy atom. The summed E-state index contributed by atoms with van der Waals surface area (Å²) < 4.78 is 11.0. The highest BCUT2D eigenvalue weighted by Crippen LogP contribution is 2.25. The Morgan fingerprint density at radius 2 is 1.82 bits per heavy atom. The number of rotatable bonds is 7. The molecule has 1 unspecified atom stereocenters. The maximum Gasteiger partial charge on any atom is 0.410 e. The number of nitrogens with one attached hydrogen (secondary N) is 2. The van der Waals surface area contributed by atoms with Gasteiger partial charge in [-0.25, -0.2) is 14.8 Å². The number of nitrogens with zero attached hydrogens (tertiary/aromatic N) is 4. The molecule has 3 heterocycles. The average Bonchev–Trinajstić information content (AvgIpc) is 2.89. The van der Waals surface area contributed by atoms with E-state index in [-0.39, 0.29) is 23.9 Å². The molecule has 208 valence electrons. The molecule has 1 atom stereocenters. The lowest BCUT2D eigenvalue weighted by molar-refractivity contribution is 0.0171. The molecule has 3 aliphatic rings. The van der Waals surface area contributed by atoms with Crippen molar-refractivity contribution in [2.24, 2.45) is 5.73 Å². The van der Waals surface area contributed by atoms with E-state index < -0.39 is 11.5 Å². The van der Waals surface area contributed by atoms with Gasteiger partial charge >= 0.3 is 6.09 Å². The number of hydrogen-bond donors (Lipinski definition) is 3. The molecule has 4 rings (SSSR count). The van der Waals surface area contributed by atoms with E-state index in [1.165, 1.54) is 0 Å². The number of primary amides is 1. The maximum atomic E-state index is 12.4. The van der Waals surface area contributed by atoms with E-state index in [4.69, 9.17) is 20.2 Å². The molecule has 2 saturated heterocycles. The number of nitrogens with two attached hydrogens (primary N) is 1. The molecule has 4 N–H and O–H groups in total. The summed E-state index contributed by atoms with van der Waals surface area (Å²) in [6.07, 6.45) is 9.20. The highest BCUT2D eigenvalue weighted by molar-refractivity contribution is 5.96. The van der Waals surface area contributed by atoms with Crippen LogP contribution in [0.3, 0.4) is 0 Å². The van der Waals surface area contributed by atoms with Gasteiger partial charge in [0.15, 0.2) is 11.5 Å².